The Bertz CT molecular complexity index is 1400. The fourth-order valence-electron chi connectivity index (χ4n) is 5.84. The van der Waals surface area contributed by atoms with E-state index in [0.29, 0.717) is 25.1 Å². The maximum absolute atomic E-state index is 13.5. The van der Waals surface area contributed by atoms with Crippen LogP contribution in [0.15, 0.2) is 77.5 Å². The van der Waals surface area contributed by atoms with E-state index in [0.717, 1.165) is 40.1 Å². The molecule has 0 saturated heterocycles. The molecule has 0 unspecified atom stereocenters. The van der Waals surface area contributed by atoms with Gasteiger partial charge in [0.05, 0.1) is 5.92 Å². The highest BCUT2D eigenvalue weighted by atomic mass is 16.6. The van der Waals surface area contributed by atoms with Crippen molar-refractivity contribution in [3.05, 3.63) is 83.5 Å². The summed E-state index contributed by atoms with van der Waals surface area (Å²) in [6, 6.07) is 15.9. The number of carbonyl (C=O) groups is 3. The van der Waals surface area contributed by atoms with E-state index in [1.165, 1.54) is 0 Å². The van der Waals surface area contributed by atoms with E-state index in [1.807, 2.05) is 60.7 Å². The highest BCUT2D eigenvalue weighted by molar-refractivity contribution is 6.24. The summed E-state index contributed by atoms with van der Waals surface area (Å²) in [6.45, 7) is 0.349. The first-order valence-corrected chi connectivity index (χ1v) is 13.3. The number of carboxylic acid groups (broad SMARTS) is 1. The van der Waals surface area contributed by atoms with Crippen molar-refractivity contribution in [1.29, 1.82) is 0 Å². The van der Waals surface area contributed by atoms with Gasteiger partial charge in [-0.15, -0.1) is 0 Å². The van der Waals surface area contributed by atoms with Crippen LogP contribution >= 0.6 is 0 Å². The van der Waals surface area contributed by atoms with Crippen molar-refractivity contribution in [2.45, 2.75) is 43.7 Å². The molecule has 39 heavy (non-hydrogen) atoms. The van der Waals surface area contributed by atoms with E-state index in [2.05, 4.69) is 10.5 Å². The molecule has 0 aromatic heterocycles. The lowest BCUT2D eigenvalue weighted by Crippen LogP contribution is -2.49. The number of allylic oxidation sites excluding steroid dienone is 1. The first kappa shape index (κ1) is 25.1. The molecule has 2 amide bonds. The lowest BCUT2D eigenvalue weighted by molar-refractivity contribution is -0.144. The van der Waals surface area contributed by atoms with Gasteiger partial charge in [-0.05, 0) is 42.9 Å². The van der Waals surface area contributed by atoms with Gasteiger partial charge in [-0.1, -0.05) is 65.8 Å². The zero-order valence-electron chi connectivity index (χ0n) is 21.4. The van der Waals surface area contributed by atoms with Crippen LogP contribution in [0.25, 0.3) is 11.1 Å². The van der Waals surface area contributed by atoms with Gasteiger partial charge in [0.2, 0.25) is 5.91 Å². The fraction of sp³-hybridized carbons (Fsp3) is 0.333. The highest BCUT2D eigenvalue weighted by Gasteiger charge is 2.61. The number of fused-ring (bicyclic) bond motifs is 5. The van der Waals surface area contributed by atoms with Crippen LogP contribution in [-0.2, 0) is 19.2 Å². The Hall–Kier alpha value is -4.24. The Morgan fingerprint density at radius 2 is 1.72 bits per heavy atom. The molecule has 2 aromatic rings. The third-order valence-electron chi connectivity index (χ3n) is 8.10. The SMILES string of the molecule is NN1CCCC/C=C\[C@H]2C[C@@]2(C(=O)O)NC(=O)[C@@H]2C[C@@H](ON=C3c4ccccc4-c4ccccc43)C=C2C1=O. The van der Waals surface area contributed by atoms with E-state index in [1.54, 1.807) is 6.08 Å². The molecule has 9 nitrogen and oxygen atoms in total. The number of carbonyl (C=O) groups excluding carboxylic acids is 2. The van der Waals surface area contributed by atoms with Crippen LogP contribution in [-0.4, -0.2) is 51.8 Å². The minimum atomic E-state index is -1.36. The molecule has 4 N–H and O–H groups in total. The molecule has 2 aromatic carbocycles. The largest absolute Gasteiger partial charge is 0.479 e. The molecule has 4 atom stereocenters. The second kappa shape index (κ2) is 9.81. The van der Waals surface area contributed by atoms with Crippen LogP contribution in [0.3, 0.4) is 0 Å². The van der Waals surface area contributed by atoms with Gasteiger partial charge in [0.1, 0.15) is 17.4 Å². The molecular formula is C30H30N4O5. The van der Waals surface area contributed by atoms with Crippen LogP contribution in [0.5, 0.6) is 0 Å². The smallest absolute Gasteiger partial charge is 0.330 e. The van der Waals surface area contributed by atoms with Crippen molar-refractivity contribution in [1.82, 2.24) is 10.3 Å². The van der Waals surface area contributed by atoms with Crippen LogP contribution in [0, 0.1) is 11.8 Å². The first-order valence-electron chi connectivity index (χ1n) is 13.3. The van der Waals surface area contributed by atoms with Gasteiger partial charge in [-0.3, -0.25) is 14.6 Å². The van der Waals surface area contributed by atoms with Crippen molar-refractivity contribution in [2.24, 2.45) is 22.8 Å². The molecule has 4 aliphatic rings. The van der Waals surface area contributed by atoms with E-state index in [-0.39, 0.29) is 17.9 Å². The summed E-state index contributed by atoms with van der Waals surface area (Å²) < 4.78 is 0. The van der Waals surface area contributed by atoms with Gasteiger partial charge >= 0.3 is 5.97 Å². The molecule has 0 spiro atoms. The summed E-state index contributed by atoms with van der Waals surface area (Å²) in [4.78, 5) is 44.9. The molecule has 9 heteroatoms. The normalized spacial score (nSPS) is 28.6. The molecule has 1 heterocycles. The molecule has 1 fully saturated rings. The third kappa shape index (κ3) is 4.42. The molecule has 6 rings (SSSR count). The second-order valence-electron chi connectivity index (χ2n) is 10.6. The molecule has 200 valence electrons. The molecule has 3 aliphatic carbocycles. The maximum atomic E-state index is 13.5. The number of oxime groups is 1. The number of benzene rings is 2. The number of hydrogen-bond acceptors (Lipinski definition) is 6. The Kier molecular flexibility index (Phi) is 6.31. The third-order valence-corrected chi connectivity index (χ3v) is 8.10. The molecule has 1 aliphatic heterocycles. The minimum absolute atomic E-state index is 0.150. The van der Waals surface area contributed by atoms with Crippen LogP contribution in [0.2, 0.25) is 0 Å². The Morgan fingerprint density at radius 3 is 2.38 bits per heavy atom. The zero-order valence-corrected chi connectivity index (χ0v) is 21.4. The lowest BCUT2D eigenvalue weighted by atomic mass is 9.98. The van der Waals surface area contributed by atoms with Gasteiger partial charge in [-0.2, -0.15) is 0 Å². The summed E-state index contributed by atoms with van der Waals surface area (Å²) in [5.74, 6) is 2.85. The average Bonchev–Trinajstić information content (AvgIpc) is 3.32. The van der Waals surface area contributed by atoms with Crippen molar-refractivity contribution < 1.29 is 24.3 Å². The topological polar surface area (TPSA) is 134 Å². The average molecular weight is 527 g/mol. The Morgan fingerprint density at radius 1 is 1.05 bits per heavy atom. The summed E-state index contributed by atoms with van der Waals surface area (Å²) in [6.07, 6.45) is 7.48. The van der Waals surface area contributed by atoms with Gasteiger partial charge in [-0.25, -0.2) is 10.6 Å². The summed E-state index contributed by atoms with van der Waals surface area (Å²) >= 11 is 0. The molecule has 0 bridgehead atoms. The van der Waals surface area contributed by atoms with Gasteiger partial charge in [0.15, 0.2) is 0 Å². The van der Waals surface area contributed by atoms with Crippen molar-refractivity contribution in [3.8, 4) is 11.1 Å². The van der Waals surface area contributed by atoms with E-state index < -0.39 is 35.3 Å². The first-order chi connectivity index (χ1) is 18.9. The molecule has 1 saturated carbocycles. The Balaban J connectivity index is 1.29. The predicted molar refractivity (Wildman–Crippen MR) is 144 cm³/mol. The number of rotatable bonds is 3. The predicted octanol–water partition coefficient (Wildman–Crippen LogP) is 3.15. The number of nitrogens with one attached hydrogen (secondary N) is 1. The van der Waals surface area contributed by atoms with E-state index in [4.69, 9.17) is 10.7 Å². The molecule has 0 radical (unpaired) electrons. The number of nitrogens with two attached hydrogens (primary N) is 1. The lowest BCUT2D eigenvalue weighted by Gasteiger charge is -2.23. The maximum Gasteiger partial charge on any atom is 0.330 e. The number of hydrazine groups is 1. The van der Waals surface area contributed by atoms with Crippen LogP contribution in [0.4, 0.5) is 0 Å². The second-order valence-corrected chi connectivity index (χ2v) is 10.6. The van der Waals surface area contributed by atoms with Crippen LogP contribution < -0.4 is 11.2 Å². The zero-order chi connectivity index (χ0) is 27.1. The van der Waals surface area contributed by atoms with Gasteiger partial charge < -0.3 is 15.3 Å². The summed E-state index contributed by atoms with van der Waals surface area (Å²) in [5.41, 5.74) is 3.55. The molecular weight excluding hydrogens is 496 g/mol. The van der Waals surface area contributed by atoms with Crippen LogP contribution in [0.1, 0.15) is 43.2 Å². The number of hydrogen-bond donors (Lipinski definition) is 3. The Labute approximate surface area is 226 Å². The summed E-state index contributed by atoms with van der Waals surface area (Å²) in [7, 11) is 0. The standard InChI is InChI=1S/C30H30N4O5/c31-34-14-8-2-1-3-9-18-17-30(18,29(37)38)32-27(35)24-15-19(16-25(24)28(34)36)39-33-26-22-12-6-4-10-20(22)21-11-5-7-13-23(21)26/h3-7,9-13,16,18-19,24H,1-2,8,14-15,17,31H2,(H,32,35)(H,37,38)/b9-3-/t18-,19+,24+,30+/m0/s1. The number of nitrogens with zero attached hydrogens (tertiary/aromatic N) is 2. The van der Waals surface area contributed by atoms with Gasteiger partial charge in [0, 0.05) is 35.6 Å². The quantitative estimate of drug-likeness (QED) is 0.208. The van der Waals surface area contributed by atoms with Crippen molar-refractivity contribution in [2.75, 3.05) is 6.54 Å². The van der Waals surface area contributed by atoms with Gasteiger partial charge in [0.25, 0.3) is 5.91 Å². The van der Waals surface area contributed by atoms with Crippen molar-refractivity contribution in [3.63, 3.8) is 0 Å². The fourth-order valence-corrected chi connectivity index (χ4v) is 5.84. The van der Waals surface area contributed by atoms with E-state index >= 15 is 0 Å². The van der Waals surface area contributed by atoms with Crippen molar-refractivity contribution >= 4 is 23.5 Å². The van der Waals surface area contributed by atoms with E-state index in [9.17, 15) is 19.5 Å². The number of amides is 2. The number of carboxylic acids is 1. The minimum Gasteiger partial charge on any atom is -0.479 e. The number of aliphatic carboxylic acids is 1. The monoisotopic (exact) mass is 526 g/mol. The summed E-state index contributed by atoms with van der Waals surface area (Å²) in [5, 5.41) is 18.3. The highest BCUT2D eigenvalue weighted by Crippen LogP contribution is 2.46.